The first-order chi connectivity index (χ1) is 15.6. The van der Waals surface area contributed by atoms with Crippen molar-refractivity contribution in [1.82, 2.24) is 9.55 Å². The molecule has 0 aliphatic carbocycles. The molecule has 4 rings (SSSR count). The molecule has 8 heteroatoms. The number of anilines is 1. The lowest BCUT2D eigenvalue weighted by Gasteiger charge is -2.11. The second-order valence-corrected chi connectivity index (χ2v) is 8.09. The van der Waals surface area contributed by atoms with Crippen molar-refractivity contribution >= 4 is 33.8 Å². The van der Waals surface area contributed by atoms with Crippen LogP contribution in [0.25, 0.3) is 21.3 Å². The molecule has 1 amide bonds. The summed E-state index contributed by atoms with van der Waals surface area (Å²) in [5.74, 6) is 0.895. The van der Waals surface area contributed by atoms with Crippen molar-refractivity contribution in [2.45, 2.75) is 19.4 Å². The highest BCUT2D eigenvalue weighted by molar-refractivity contribution is 7.13. The zero-order chi connectivity index (χ0) is 22.5. The van der Waals surface area contributed by atoms with Gasteiger partial charge >= 0.3 is 0 Å². The Morgan fingerprint density at radius 3 is 2.62 bits per heavy atom. The van der Waals surface area contributed by atoms with Gasteiger partial charge in [-0.15, -0.1) is 11.3 Å². The average Bonchev–Trinajstić information content (AvgIpc) is 3.35. The minimum Gasteiger partial charge on any atom is -0.493 e. The number of amides is 1. The number of hydrogen-bond donors (Lipinski definition) is 1. The van der Waals surface area contributed by atoms with Crippen LogP contribution in [0.1, 0.15) is 12.8 Å². The van der Waals surface area contributed by atoms with E-state index in [1.807, 2.05) is 41.8 Å². The monoisotopic (exact) mass is 449 g/mol. The molecule has 164 valence electrons. The van der Waals surface area contributed by atoms with E-state index in [-0.39, 0.29) is 17.9 Å². The smallest absolute Gasteiger partial charge is 0.261 e. The molecular formula is C24H23N3O4S. The van der Waals surface area contributed by atoms with Crippen LogP contribution in [0.2, 0.25) is 0 Å². The number of nitrogens with zero attached hydrogens (tertiary/aromatic N) is 2. The van der Waals surface area contributed by atoms with Gasteiger partial charge in [-0.3, -0.25) is 14.2 Å². The largest absolute Gasteiger partial charge is 0.493 e. The van der Waals surface area contributed by atoms with E-state index in [0.29, 0.717) is 35.4 Å². The number of nitrogens with one attached hydrogen (secondary N) is 1. The first-order valence-electron chi connectivity index (χ1n) is 10.1. The zero-order valence-electron chi connectivity index (χ0n) is 17.8. The lowest BCUT2D eigenvalue weighted by atomic mass is 10.1. The molecule has 0 radical (unpaired) electrons. The van der Waals surface area contributed by atoms with Crippen molar-refractivity contribution in [3.8, 4) is 21.9 Å². The lowest BCUT2D eigenvalue weighted by Crippen LogP contribution is -2.22. The molecular weight excluding hydrogens is 426 g/mol. The Bertz CT molecular complexity index is 1300. The predicted octanol–water partition coefficient (Wildman–Crippen LogP) is 4.56. The fraction of sp³-hybridized carbons (Fsp3) is 0.208. The molecule has 0 saturated carbocycles. The maximum absolute atomic E-state index is 12.9. The average molecular weight is 450 g/mol. The fourth-order valence-corrected chi connectivity index (χ4v) is 4.27. The van der Waals surface area contributed by atoms with Gasteiger partial charge in [0.1, 0.15) is 0 Å². The van der Waals surface area contributed by atoms with E-state index in [9.17, 15) is 9.59 Å². The Hall–Kier alpha value is -3.65. The third-order valence-corrected chi connectivity index (χ3v) is 6.02. The Kier molecular flexibility index (Phi) is 6.51. The lowest BCUT2D eigenvalue weighted by molar-refractivity contribution is -0.116. The van der Waals surface area contributed by atoms with Crippen molar-refractivity contribution in [1.29, 1.82) is 0 Å². The normalized spacial score (nSPS) is 10.8. The molecule has 0 atom stereocenters. The number of rotatable bonds is 8. The van der Waals surface area contributed by atoms with Gasteiger partial charge < -0.3 is 14.8 Å². The zero-order valence-corrected chi connectivity index (χ0v) is 18.6. The number of hydrogen-bond acceptors (Lipinski definition) is 6. The molecule has 2 aromatic carbocycles. The number of carbonyl (C=O) groups excluding carboxylic acids is 1. The second-order valence-electron chi connectivity index (χ2n) is 7.14. The van der Waals surface area contributed by atoms with E-state index in [0.717, 1.165) is 16.1 Å². The summed E-state index contributed by atoms with van der Waals surface area (Å²) in [7, 11) is 3.06. The summed E-state index contributed by atoms with van der Waals surface area (Å²) in [6.45, 7) is 0.385. The number of carbonyl (C=O) groups is 1. The number of ether oxygens (including phenoxy) is 2. The summed E-state index contributed by atoms with van der Waals surface area (Å²) in [6.07, 6.45) is 2.29. The van der Waals surface area contributed by atoms with E-state index in [1.54, 1.807) is 23.5 Å². The number of fused-ring (bicyclic) bond motifs is 1. The third-order valence-electron chi connectivity index (χ3n) is 5.12. The first kappa shape index (κ1) is 21.6. The van der Waals surface area contributed by atoms with Crippen LogP contribution in [-0.4, -0.2) is 29.7 Å². The van der Waals surface area contributed by atoms with Gasteiger partial charge in [0.05, 0.1) is 31.4 Å². The molecule has 0 bridgehead atoms. The van der Waals surface area contributed by atoms with Crippen LogP contribution in [0.5, 0.6) is 11.5 Å². The van der Waals surface area contributed by atoms with E-state index in [2.05, 4.69) is 10.3 Å². The number of thiophene rings is 1. The number of aryl methyl sites for hydroxylation is 1. The maximum atomic E-state index is 12.9. The highest BCUT2D eigenvalue weighted by Crippen LogP contribution is 2.31. The van der Waals surface area contributed by atoms with Gasteiger partial charge in [0, 0.05) is 35.2 Å². The number of aromatic nitrogens is 2. The van der Waals surface area contributed by atoms with Gasteiger partial charge in [0.2, 0.25) is 5.91 Å². The van der Waals surface area contributed by atoms with Crippen LogP contribution in [0.3, 0.4) is 0 Å². The second kappa shape index (κ2) is 9.65. The Labute approximate surface area is 189 Å². The van der Waals surface area contributed by atoms with Gasteiger partial charge in [-0.1, -0.05) is 24.3 Å². The van der Waals surface area contributed by atoms with Crippen LogP contribution >= 0.6 is 11.3 Å². The minimum absolute atomic E-state index is 0.0952. The highest BCUT2D eigenvalue weighted by atomic mass is 32.1. The molecule has 2 aromatic heterocycles. The van der Waals surface area contributed by atoms with Crippen LogP contribution in [0, 0.1) is 0 Å². The molecule has 4 aromatic rings. The molecule has 1 N–H and O–H groups in total. The molecule has 0 unspecified atom stereocenters. The van der Waals surface area contributed by atoms with Crippen LogP contribution in [-0.2, 0) is 11.3 Å². The van der Waals surface area contributed by atoms with E-state index in [1.165, 1.54) is 25.1 Å². The Morgan fingerprint density at radius 2 is 1.88 bits per heavy atom. The summed E-state index contributed by atoms with van der Waals surface area (Å²) >= 11 is 1.63. The van der Waals surface area contributed by atoms with Crippen molar-refractivity contribution in [3.05, 3.63) is 70.6 Å². The molecule has 0 aliphatic heterocycles. The van der Waals surface area contributed by atoms with Crippen LogP contribution < -0.4 is 20.3 Å². The highest BCUT2D eigenvalue weighted by Gasteiger charge is 2.12. The number of benzene rings is 2. The first-order valence-corrected chi connectivity index (χ1v) is 11.0. The van der Waals surface area contributed by atoms with Crippen LogP contribution in [0.15, 0.2) is 65.0 Å². The molecule has 0 spiro atoms. The van der Waals surface area contributed by atoms with E-state index >= 15 is 0 Å². The Balaban J connectivity index is 1.43. The number of methoxy groups -OCH3 is 2. The van der Waals surface area contributed by atoms with Crippen molar-refractivity contribution in [3.63, 3.8) is 0 Å². The summed E-state index contributed by atoms with van der Waals surface area (Å²) in [5.41, 5.74) is 2.13. The van der Waals surface area contributed by atoms with Gasteiger partial charge in [-0.2, -0.15) is 0 Å². The van der Waals surface area contributed by atoms with E-state index < -0.39 is 0 Å². The van der Waals surface area contributed by atoms with Crippen LogP contribution in [0.4, 0.5) is 5.69 Å². The molecule has 32 heavy (non-hydrogen) atoms. The van der Waals surface area contributed by atoms with Gasteiger partial charge in [0.15, 0.2) is 11.5 Å². The predicted molar refractivity (Wildman–Crippen MR) is 127 cm³/mol. The third kappa shape index (κ3) is 4.50. The van der Waals surface area contributed by atoms with Gasteiger partial charge in [-0.05, 0) is 30.0 Å². The summed E-state index contributed by atoms with van der Waals surface area (Å²) in [4.78, 5) is 30.9. The Morgan fingerprint density at radius 1 is 1.09 bits per heavy atom. The maximum Gasteiger partial charge on any atom is 0.261 e. The standard InChI is InChI=1S/C24H23N3O4S/c1-30-20-13-17-19(14-21(20)31-2)25-15-27(24(17)29)11-5-10-23(28)26-18-8-4-3-7-16(18)22-9-6-12-32-22/h3-4,6-9,12-15H,5,10-11H2,1-2H3,(H,26,28). The van der Waals surface area contributed by atoms with Crippen molar-refractivity contribution in [2.75, 3.05) is 19.5 Å². The molecule has 0 fully saturated rings. The van der Waals surface area contributed by atoms with Crippen molar-refractivity contribution in [2.24, 2.45) is 0 Å². The quantitative estimate of drug-likeness (QED) is 0.426. The summed E-state index contributed by atoms with van der Waals surface area (Å²) < 4.78 is 12.1. The number of para-hydroxylation sites is 1. The molecule has 2 heterocycles. The minimum atomic E-state index is -0.181. The topological polar surface area (TPSA) is 82.5 Å². The molecule has 0 saturated heterocycles. The van der Waals surface area contributed by atoms with Gasteiger partial charge in [0.25, 0.3) is 5.56 Å². The van der Waals surface area contributed by atoms with E-state index in [4.69, 9.17) is 9.47 Å². The van der Waals surface area contributed by atoms with Crippen molar-refractivity contribution < 1.29 is 14.3 Å². The summed E-state index contributed by atoms with van der Waals surface area (Å²) in [5, 5.41) is 5.44. The fourth-order valence-electron chi connectivity index (χ4n) is 3.51. The van der Waals surface area contributed by atoms with Gasteiger partial charge in [-0.25, -0.2) is 4.98 Å². The molecule has 0 aliphatic rings. The molecule has 7 nitrogen and oxygen atoms in total. The summed E-state index contributed by atoms with van der Waals surface area (Å²) in [6, 6.07) is 15.1. The SMILES string of the molecule is COc1cc2ncn(CCCC(=O)Nc3ccccc3-c3cccs3)c(=O)c2cc1OC.